The Bertz CT molecular complexity index is 931. The zero-order valence-corrected chi connectivity index (χ0v) is 15.0. The van der Waals surface area contributed by atoms with Gasteiger partial charge in [-0.15, -0.1) is 0 Å². The predicted molar refractivity (Wildman–Crippen MR) is 102 cm³/mol. The lowest BCUT2D eigenvalue weighted by Gasteiger charge is -2.08. The van der Waals surface area contributed by atoms with Gasteiger partial charge in [0.05, 0.1) is 22.5 Å². The summed E-state index contributed by atoms with van der Waals surface area (Å²) in [5.41, 5.74) is 3.32. The Hall–Kier alpha value is -2.93. The molecule has 2 N–H and O–H groups in total. The SMILES string of the molecule is Cc1nc2ccccc2nc1SCC(=O)NC(=O)NCc1ccccc1. The lowest BCUT2D eigenvalue weighted by molar-refractivity contribution is -0.117. The van der Waals surface area contributed by atoms with E-state index >= 15 is 0 Å². The van der Waals surface area contributed by atoms with Crippen molar-refractivity contribution in [1.82, 2.24) is 20.6 Å². The van der Waals surface area contributed by atoms with Gasteiger partial charge in [-0.1, -0.05) is 54.2 Å². The van der Waals surface area contributed by atoms with Gasteiger partial charge in [-0.25, -0.2) is 14.8 Å². The number of para-hydroxylation sites is 2. The lowest BCUT2D eigenvalue weighted by Crippen LogP contribution is -2.39. The molecule has 132 valence electrons. The fourth-order valence-electron chi connectivity index (χ4n) is 2.33. The number of rotatable bonds is 5. The second-order valence-electron chi connectivity index (χ2n) is 5.61. The first-order valence-electron chi connectivity index (χ1n) is 8.09. The molecule has 3 amide bonds. The summed E-state index contributed by atoms with van der Waals surface area (Å²) in [7, 11) is 0. The number of urea groups is 1. The van der Waals surface area contributed by atoms with Crippen LogP contribution in [0.5, 0.6) is 0 Å². The van der Waals surface area contributed by atoms with Gasteiger partial charge in [0.2, 0.25) is 5.91 Å². The molecule has 6 nitrogen and oxygen atoms in total. The Balaban J connectivity index is 1.50. The molecule has 1 heterocycles. The minimum absolute atomic E-state index is 0.0899. The molecular weight excluding hydrogens is 348 g/mol. The molecule has 0 bridgehead atoms. The van der Waals surface area contributed by atoms with E-state index in [2.05, 4.69) is 20.6 Å². The quantitative estimate of drug-likeness (QED) is 0.678. The summed E-state index contributed by atoms with van der Waals surface area (Å²) in [6.45, 7) is 2.22. The van der Waals surface area contributed by atoms with Crippen molar-refractivity contribution >= 4 is 34.7 Å². The highest BCUT2D eigenvalue weighted by Gasteiger charge is 2.11. The number of carbonyl (C=O) groups excluding carboxylic acids is 2. The molecule has 2 aromatic carbocycles. The number of hydrogen-bond donors (Lipinski definition) is 2. The Kier molecular flexibility index (Phi) is 5.80. The van der Waals surface area contributed by atoms with E-state index in [-0.39, 0.29) is 11.7 Å². The van der Waals surface area contributed by atoms with Crippen molar-refractivity contribution in [2.45, 2.75) is 18.5 Å². The van der Waals surface area contributed by atoms with E-state index in [1.165, 1.54) is 11.8 Å². The molecule has 0 saturated carbocycles. The molecule has 3 rings (SSSR count). The van der Waals surface area contributed by atoms with Crippen LogP contribution in [0.2, 0.25) is 0 Å². The van der Waals surface area contributed by atoms with E-state index in [4.69, 9.17) is 0 Å². The number of thioether (sulfide) groups is 1. The second kappa shape index (κ2) is 8.44. The summed E-state index contributed by atoms with van der Waals surface area (Å²) in [4.78, 5) is 32.8. The van der Waals surface area contributed by atoms with Gasteiger partial charge in [-0.2, -0.15) is 0 Å². The molecule has 0 fully saturated rings. The van der Waals surface area contributed by atoms with E-state index in [1.54, 1.807) is 0 Å². The van der Waals surface area contributed by atoms with Crippen molar-refractivity contribution in [3.05, 3.63) is 65.9 Å². The third-order valence-corrected chi connectivity index (χ3v) is 4.66. The average molecular weight is 366 g/mol. The average Bonchev–Trinajstić information content (AvgIpc) is 2.65. The Morgan fingerprint density at radius 2 is 1.62 bits per heavy atom. The number of nitrogens with one attached hydrogen (secondary N) is 2. The zero-order chi connectivity index (χ0) is 18.4. The Labute approximate surface area is 155 Å². The van der Waals surface area contributed by atoms with Crippen LogP contribution >= 0.6 is 11.8 Å². The first-order chi connectivity index (χ1) is 12.6. The van der Waals surface area contributed by atoms with Gasteiger partial charge in [0.25, 0.3) is 0 Å². The highest BCUT2D eigenvalue weighted by atomic mass is 32.2. The van der Waals surface area contributed by atoms with Crippen molar-refractivity contribution in [2.24, 2.45) is 0 Å². The monoisotopic (exact) mass is 366 g/mol. The summed E-state index contributed by atoms with van der Waals surface area (Å²) in [5, 5.41) is 5.66. The minimum Gasteiger partial charge on any atom is -0.334 e. The fraction of sp³-hybridized carbons (Fsp3) is 0.158. The van der Waals surface area contributed by atoms with Crippen molar-refractivity contribution < 1.29 is 9.59 Å². The van der Waals surface area contributed by atoms with Crippen molar-refractivity contribution in [2.75, 3.05) is 5.75 Å². The second-order valence-corrected chi connectivity index (χ2v) is 6.57. The largest absolute Gasteiger partial charge is 0.334 e. The van der Waals surface area contributed by atoms with E-state index in [1.807, 2.05) is 61.5 Å². The molecule has 26 heavy (non-hydrogen) atoms. The zero-order valence-electron chi connectivity index (χ0n) is 14.2. The Morgan fingerprint density at radius 3 is 2.35 bits per heavy atom. The highest BCUT2D eigenvalue weighted by Crippen LogP contribution is 2.21. The molecule has 1 aromatic heterocycles. The number of aryl methyl sites for hydroxylation is 1. The number of aromatic nitrogens is 2. The first-order valence-corrected chi connectivity index (χ1v) is 9.08. The Morgan fingerprint density at radius 1 is 0.962 bits per heavy atom. The van der Waals surface area contributed by atoms with Gasteiger partial charge in [0.15, 0.2) is 0 Å². The smallest absolute Gasteiger partial charge is 0.321 e. The number of hydrogen-bond acceptors (Lipinski definition) is 5. The van der Waals surface area contributed by atoms with E-state index in [9.17, 15) is 9.59 Å². The van der Waals surface area contributed by atoms with Gasteiger partial charge in [0, 0.05) is 6.54 Å². The topological polar surface area (TPSA) is 84.0 Å². The summed E-state index contributed by atoms with van der Waals surface area (Å²) in [5.74, 6) is -0.290. The first kappa shape index (κ1) is 17.9. The number of amides is 3. The number of imide groups is 1. The third kappa shape index (κ3) is 4.80. The number of benzene rings is 2. The van der Waals surface area contributed by atoms with Crippen LogP contribution in [0.1, 0.15) is 11.3 Å². The number of carbonyl (C=O) groups is 2. The maximum Gasteiger partial charge on any atom is 0.321 e. The van der Waals surface area contributed by atoms with Crippen LogP contribution in [0.4, 0.5) is 4.79 Å². The maximum absolute atomic E-state index is 12.0. The molecule has 3 aromatic rings. The molecule has 0 aliphatic heterocycles. The molecule has 0 spiro atoms. The number of fused-ring (bicyclic) bond motifs is 1. The highest BCUT2D eigenvalue weighted by molar-refractivity contribution is 7.99. The van der Waals surface area contributed by atoms with E-state index in [0.29, 0.717) is 11.6 Å². The standard InChI is InChI=1S/C19H18N4O2S/c1-13-18(22-16-10-6-5-9-15(16)21-13)26-12-17(24)23-19(25)20-11-14-7-3-2-4-8-14/h2-10H,11-12H2,1H3,(H2,20,23,24,25). The van der Waals surface area contributed by atoms with Crippen molar-refractivity contribution in [3.63, 3.8) is 0 Å². The molecule has 0 unspecified atom stereocenters. The van der Waals surface area contributed by atoms with Crippen LogP contribution in [0, 0.1) is 6.92 Å². The lowest BCUT2D eigenvalue weighted by atomic mass is 10.2. The van der Waals surface area contributed by atoms with Crippen LogP contribution in [-0.4, -0.2) is 27.7 Å². The number of nitrogens with zero attached hydrogens (tertiary/aromatic N) is 2. The van der Waals surface area contributed by atoms with Gasteiger partial charge in [0.1, 0.15) is 5.03 Å². The van der Waals surface area contributed by atoms with Gasteiger partial charge >= 0.3 is 6.03 Å². The summed E-state index contributed by atoms with van der Waals surface area (Å²) >= 11 is 1.26. The fourth-order valence-corrected chi connectivity index (χ4v) is 3.09. The van der Waals surface area contributed by atoms with Gasteiger partial charge in [-0.3, -0.25) is 10.1 Å². The van der Waals surface area contributed by atoms with Crippen LogP contribution in [0.25, 0.3) is 11.0 Å². The molecule has 0 aliphatic carbocycles. The molecule has 0 saturated heterocycles. The van der Waals surface area contributed by atoms with Crippen LogP contribution in [0.3, 0.4) is 0 Å². The van der Waals surface area contributed by atoms with E-state index in [0.717, 1.165) is 22.3 Å². The molecule has 0 radical (unpaired) electrons. The summed E-state index contributed by atoms with van der Waals surface area (Å²) in [6, 6.07) is 16.6. The van der Waals surface area contributed by atoms with Crippen molar-refractivity contribution in [1.29, 1.82) is 0 Å². The van der Waals surface area contributed by atoms with Crippen LogP contribution in [-0.2, 0) is 11.3 Å². The molecule has 0 atom stereocenters. The van der Waals surface area contributed by atoms with Crippen LogP contribution < -0.4 is 10.6 Å². The molecular formula is C19H18N4O2S. The minimum atomic E-state index is -0.513. The summed E-state index contributed by atoms with van der Waals surface area (Å²) in [6.07, 6.45) is 0. The maximum atomic E-state index is 12.0. The third-order valence-electron chi connectivity index (χ3n) is 3.59. The van der Waals surface area contributed by atoms with Gasteiger partial charge in [-0.05, 0) is 24.6 Å². The predicted octanol–water partition coefficient (Wildman–Crippen LogP) is 3.06. The summed E-state index contributed by atoms with van der Waals surface area (Å²) < 4.78 is 0. The van der Waals surface area contributed by atoms with Crippen molar-refractivity contribution in [3.8, 4) is 0 Å². The van der Waals surface area contributed by atoms with E-state index < -0.39 is 6.03 Å². The normalized spacial score (nSPS) is 10.5. The van der Waals surface area contributed by atoms with Crippen LogP contribution in [0.15, 0.2) is 59.6 Å². The van der Waals surface area contributed by atoms with Gasteiger partial charge < -0.3 is 5.32 Å². The molecule has 7 heteroatoms. The molecule has 0 aliphatic rings.